The van der Waals surface area contributed by atoms with E-state index in [4.69, 9.17) is 16.3 Å². The van der Waals surface area contributed by atoms with Crippen molar-refractivity contribution in [3.63, 3.8) is 0 Å². The maximum atomic E-state index is 12.0. The molecule has 1 saturated heterocycles. The van der Waals surface area contributed by atoms with Gasteiger partial charge in [-0.05, 0) is 42.5 Å². The van der Waals surface area contributed by atoms with Crippen LogP contribution in [0.4, 0.5) is 0 Å². The fourth-order valence-corrected chi connectivity index (χ4v) is 2.32. The minimum Gasteiger partial charge on any atom is -0.457 e. The lowest BCUT2D eigenvalue weighted by Crippen LogP contribution is -2.53. The second-order valence-corrected chi connectivity index (χ2v) is 5.38. The van der Waals surface area contributed by atoms with Crippen LogP contribution in [0.5, 0.6) is 11.5 Å². The SMILES string of the molecule is O=C(c1ccc(Oc2cccc(Cl)c2)cc1)N1CC(O)C1. The van der Waals surface area contributed by atoms with E-state index in [1.165, 1.54) is 0 Å². The Bertz CT molecular complexity index is 651. The van der Waals surface area contributed by atoms with Gasteiger partial charge in [0.15, 0.2) is 0 Å². The molecule has 21 heavy (non-hydrogen) atoms. The zero-order valence-corrected chi connectivity index (χ0v) is 12.0. The average Bonchev–Trinajstić information content (AvgIpc) is 2.44. The lowest BCUT2D eigenvalue weighted by Gasteiger charge is -2.35. The van der Waals surface area contributed by atoms with Gasteiger partial charge in [-0.15, -0.1) is 0 Å². The minimum atomic E-state index is -0.389. The Hall–Kier alpha value is -2.04. The number of rotatable bonds is 3. The Morgan fingerprint density at radius 1 is 1.14 bits per heavy atom. The molecule has 2 aromatic carbocycles. The topological polar surface area (TPSA) is 49.8 Å². The third-order valence-electron chi connectivity index (χ3n) is 3.28. The van der Waals surface area contributed by atoms with E-state index in [9.17, 15) is 9.90 Å². The number of carbonyl (C=O) groups excluding carboxylic acids is 1. The number of ether oxygens (including phenoxy) is 1. The number of carbonyl (C=O) groups is 1. The highest BCUT2D eigenvalue weighted by Crippen LogP contribution is 2.25. The Kier molecular flexibility index (Phi) is 3.82. The summed E-state index contributed by atoms with van der Waals surface area (Å²) in [4.78, 5) is 13.7. The monoisotopic (exact) mass is 303 g/mol. The number of amides is 1. The summed E-state index contributed by atoms with van der Waals surface area (Å²) in [5, 5.41) is 9.83. The molecule has 0 aliphatic carbocycles. The average molecular weight is 304 g/mol. The van der Waals surface area contributed by atoms with E-state index in [1.807, 2.05) is 12.1 Å². The molecule has 1 aliphatic heterocycles. The number of benzene rings is 2. The molecule has 0 spiro atoms. The second kappa shape index (κ2) is 5.76. The van der Waals surface area contributed by atoms with E-state index in [2.05, 4.69) is 0 Å². The second-order valence-electron chi connectivity index (χ2n) is 4.95. The molecular formula is C16H14ClNO3. The van der Waals surface area contributed by atoms with Crippen LogP contribution in [-0.4, -0.2) is 35.1 Å². The van der Waals surface area contributed by atoms with Gasteiger partial charge in [0.25, 0.3) is 5.91 Å². The summed E-state index contributed by atoms with van der Waals surface area (Å²) < 4.78 is 5.66. The Labute approximate surface area is 127 Å². The molecule has 1 fully saturated rings. The standard InChI is InChI=1S/C16H14ClNO3/c17-12-2-1-3-15(8-12)21-14-6-4-11(5-7-14)16(20)18-9-13(19)10-18/h1-8,13,19H,9-10H2. The van der Waals surface area contributed by atoms with Crippen LogP contribution < -0.4 is 4.74 Å². The van der Waals surface area contributed by atoms with Gasteiger partial charge in [0.05, 0.1) is 6.10 Å². The van der Waals surface area contributed by atoms with E-state index in [0.717, 1.165) is 0 Å². The first-order valence-corrected chi connectivity index (χ1v) is 7.00. The third-order valence-corrected chi connectivity index (χ3v) is 3.52. The number of hydrogen-bond donors (Lipinski definition) is 1. The van der Waals surface area contributed by atoms with Crippen molar-refractivity contribution in [1.82, 2.24) is 4.90 Å². The molecule has 0 radical (unpaired) electrons. The summed E-state index contributed by atoms with van der Waals surface area (Å²) in [6.07, 6.45) is -0.389. The summed E-state index contributed by atoms with van der Waals surface area (Å²) in [6.45, 7) is 0.805. The molecule has 1 N–H and O–H groups in total. The van der Waals surface area contributed by atoms with Gasteiger partial charge in [0.1, 0.15) is 11.5 Å². The van der Waals surface area contributed by atoms with E-state index in [-0.39, 0.29) is 12.0 Å². The van der Waals surface area contributed by atoms with Crippen molar-refractivity contribution >= 4 is 17.5 Å². The predicted molar refractivity (Wildman–Crippen MR) is 79.9 cm³/mol. The third kappa shape index (κ3) is 3.17. The van der Waals surface area contributed by atoms with E-state index >= 15 is 0 Å². The molecule has 108 valence electrons. The van der Waals surface area contributed by atoms with Crippen molar-refractivity contribution in [3.05, 3.63) is 59.1 Å². The van der Waals surface area contributed by atoms with Gasteiger partial charge in [0.2, 0.25) is 0 Å². The van der Waals surface area contributed by atoms with Crippen molar-refractivity contribution in [3.8, 4) is 11.5 Å². The zero-order valence-electron chi connectivity index (χ0n) is 11.2. The molecule has 0 atom stereocenters. The van der Waals surface area contributed by atoms with Gasteiger partial charge in [-0.25, -0.2) is 0 Å². The molecular weight excluding hydrogens is 290 g/mol. The maximum Gasteiger partial charge on any atom is 0.254 e. The Morgan fingerprint density at radius 3 is 2.48 bits per heavy atom. The summed E-state index contributed by atoms with van der Waals surface area (Å²) in [6, 6.07) is 14.0. The first-order chi connectivity index (χ1) is 10.1. The van der Waals surface area contributed by atoms with Crippen LogP contribution in [0.25, 0.3) is 0 Å². The molecule has 5 heteroatoms. The van der Waals surface area contributed by atoms with Gasteiger partial charge >= 0.3 is 0 Å². The van der Waals surface area contributed by atoms with Crippen molar-refractivity contribution in [2.45, 2.75) is 6.10 Å². The van der Waals surface area contributed by atoms with E-state index in [0.29, 0.717) is 35.2 Å². The van der Waals surface area contributed by atoms with Crippen LogP contribution in [-0.2, 0) is 0 Å². The van der Waals surface area contributed by atoms with Gasteiger partial charge in [-0.1, -0.05) is 17.7 Å². The number of likely N-dealkylation sites (tertiary alicyclic amines) is 1. The fraction of sp³-hybridized carbons (Fsp3) is 0.188. The lowest BCUT2D eigenvalue weighted by atomic mass is 10.1. The number of aliphatic hydroxyl groups is 1. The highest BCUT2D eigenvalue weighted by atomic mass is 35.5. The molecule has 0 saturated carbocycles. The number of hydrogen-bond acceptors (Lipinski definition) is 3. The number of halogens is 1. The molecule has 3 rings (SSSR count). The normalized spacial score (nSPS) is 14.7. The molecule has 1 amide bonds. The van der Waals surface area contributed by atoms with Gasteiger partial charge in [-0.3, -0.25) is 4.79 Å². The summed E-state index contributed by atoms with van der Waals surface area (Å²) in [5.74, 6) is 1.21. The van der Waals surface area contributed by atoms with Crippen molar-refractivity contribution in [2.24, 2.45) is 0 Å². The van der Waals surface area contributed by atoms with Crippen LogP contribution in [0.2, 0.25) is 5.02 Å². The smallest absolute Gasteiger partial charge is 0.254 e. The molecule has 1 aliphatic rings. The zero-order chi connectivity index (χ0) is 14.8. The summed E-state index contributed by atoms with van der Waals surface area (Å²) >= 11 is 5.90. The van der Waals surface area contributed by atoms with Crippen LogP contribution in [0.15, 0.2) is 48.5 Å². The maximum absolute atomic E-state index is 12.0. The summed E-state index contributed by atoms with van der Waals surface area (Å²) in [7, 11) is 0. The predicted octanol–water partition coefficient (Wildman–Crippen LogP) is 2.95. The Balaban J connectivity index is 1.68. The highest BCUT2D eigenvalue weighted by Gasteiger charge is 2.29. The van der Waals surface area contributed by atoms with Crippen LogP contribution in [0, 0.1) is 0 Å². The fourth-order valence-electron chi connectivity index (χ4n) is 2.14. The number of nitrogens with zero attached hydrogens (tertiary/aromatic N) is 1. The summed E-state index contributed by atoms with van der Waals surface area (Å²) in [5.41, 5.74) is 0.584. The van der Waals surface area contributed by atoms with Crippen LogP contribution in [0.1, 0.15) is 10.4 Å². The first-order valence-electron chi connectivity index (χ1n) is 6.62. The molecule has 4 nitrogen and oxygen atoms in total. The largest absolute Gasteiger partial charge is 0.457 e. The molecule has 1 heterocycles. The van der Waals surface area contributed by atoms with Crippen molar-refractivity contribution in [1.29, 1.82) is 0 Å². The van der Waals surface area contributed by atoms with Crippen LogP contribution in [0.3, 0.4) is 0 Å². The van der Waals surface area contributed by atoms with E-state index in [1.54, 1.807) is 41.3 Å². The molecule has 2 aromatic rings. The Morgan fingerprint density at radius 2 is 1.86 bits per heavy atom. The minimum absolute atomic E-state index is 0.0744. The van der Waals surface area contributed by atoms with Gasteiger partial charge < -0.3 is 14.7 Å². The quantitative estimate of drug-likeness (QED) is 0.948. The molecule has 0 aromatic heterocycles. The molecule has 0 unspecified atom stereocenters. The molecule has 0 bridgehead atoms. The van der Waals surface area contributed by atoms with Gasteiger partial charge in [-0.2, -0.15) is 0 Å². The first kappa shape index (κ1) is 13.9. The highest BCUT2D eigenvalue weighted by molar-refractivity contribution is 6.30. The lowest BCUT2D eigenvalue weighted by molar-refractivity contribution is 0.00589. The number of β-amino-alcohol motifs (C(OH)–C–C–N with tert-alkyl or cyclic N) is 1. The van der Waals surface area contributed by atoms with Crippen molar-refractivity contribution in [2.75, 3.05) is 13.1 Å². The van der Waals surface area contributed by atoms with E-state index < -0.39 is 0 Å². The number of aliphatic hydroxyl groups excluding tert-OH is 1. The van der Waals surface area contributed by atoms with Crippen LogP contribution >= 0.6 is 11.6 Å². The van der Waals surface area contributed by atoms with Gasteiger partial charge in [0, 0.05) is 23.7 Å². The van der Waals surface area contributed by atoms with Crippen molar-refractivity contribution < 1.29 is 14.6 Å².